The lowest BCUT2D eigenvalue weighted by molar-refractivity contribution is -0.128. The molecule has 2 amide bonds. The Hall–Kier alpha value is -1.88. The Bertz CT molecular complexity index is 592. The normalized spacial score (nSPS) is 25.0. The number of amides is 2. The zero-order valence-corrected chi connectivity index (χ0v) is 13.9. The predicted molar refractivity (Wildman–Crippen MR) is 89.1 cm³/mol. The molecule has 0 aliphatic carbocycles. The van der Waals surface area contributed by atoms with Crippen molar-refractivity contribution in [1.82, 2.24) is 15.1 Å². The Morgan fingerprint density at radius 3 is 2.65 bits per heavy atom. The third kappa shape index (κ3) is 3.72. The smallest absolute Gasteiger partial charge is 0.253 e. The Labute approximate surface area is 137 Å². The minimum absolute atomic E-state index is 0.0831. The molecule has 0 saturated carbocycles. The van der Waals surface area contributed by atoms with Crippen molar-refractivity contribution in [3.8, 4) is 0 Å². The summed E-state index contributed by atoms with van der Waals surface area (Å²) in [7, 11) is 0. The first-order chi connectivity index (χ1) is 11.0. The van der Waals surface area contributed by atoms with E-state index in [1.165, 1.54) is 0 Å². The molecule has 1 aromatic rings. The van der Waals surface area contributed by atoms with Crippen LogP contribution in [-0.4, -0.2) is 53.3 Å². The van der Waals surface area contributed by atoms with E-state index in [1.54, 1.807) is 0 Å². The van der Waals surface area contributed by atoms with E-state index in [-0.39, 0.29) is 11.8 Å². The summed E-state index contributed by atoms with van der Waals surface area (Å²) in [5.74, 6) is 0.297. The number of piperazine rings is 1. The molecule has 2 heterocycles. The van der Waals surface area contributed by atoms with E-state index >= 15 is 0 Å². The average Bonchev–Trinajstić information content (AvgIpc) is 2.91. The maximum Gasteiger partial charge on any atom is 0.253 e. The Kier molecular flexibility index (Phi) is 4.66. The van der Waals surface area contributed by atoms with Gasteiger partial charge >= 0.3 is 0 Å². The molecule has 23 heavy (non-hydrogen) atoms. The van der Waals surface area contributed by atoms with Crippen molar-refractivity contribution in [3.05, 3.63) is 35.4 Å². The van der Waals surface area contributed by atoms with Crippen LogP contribution in [0.4, 0.5) is 0 Å². The number of carbonyl (C=O) groups is 2. The molecule has 2 saturated heterocycles. The molecular formula is C18H25N3O2. The number of hydrogen-bond donors (Lipinski definition) is 1. The van der Waals surface area contributed by atoms with Crippen molar-refractivity contribution in [2.45, 2.75) is 45.3 Å². The van der Waals surface area contributed by atoms with Gasteiger partial charge in [-0.15, -0.1) is 0 Å². The standard InChI is InChI=1S/C18H25N3O2/c1-13-10-21(11-14(2)19-13)18(23)16-6-3-5-15(9-16)12-20-8-4-7-17(20)22/h3,5-6,9,13-14,19H,4,7-8,10-12H2,1-2H3/t13-,14+. The fourth-order valence-electron chi connectivity index (χ4n) is 3.57. The summed E-state index contributed by atoms with van der Waals surface area (Å²) < 4.78 is 0. The highest BCUT2D eigenvalue weighted by atomic mass is 16.2. The Morgan fingerprint density at radius 1 is 1.26 bits per heavy atom. The number of nitrogens with one attached hydrogen (secondary N) is 1. The minimum Gasteiger partial charge on any atom is -0.338 e. The molecule has 0 radical (unpaired) electrons. The minimum atomic E-state index is 0.0831. The zero-order chi connectivity index (χ0) is 16.4. The van der Waals surface area contributed by atoms with E-state index < -0.39 is 0 Å². The molecule has 1 N–H and O–H groups in total. The van der Waals surface area contributed by atoms with Crippen LogP contribution in [0.5, 0.6) is 0 Å². The summed E-state index contributed by atoms with van der Waals surface area (Å²) in [6, 6.07) is 8.34. The quantitative estimate of drug-likeness (QED) is 0.922. The van der Waals surface area contributed by atoms with Crippen molar-refractivity contribution >= 4 is 11.8 Å². The van der Waals surface area contributed by atoms with Crippen molar-refractivity contribution in [2.24, 2.45) is 0 Å². The Balaban J connectivity index is 1.71. The number of likely N-dealkylation sites (tertiary alicyclic amines) is 1. The number of carbonyl (C=O) groups excluding carboxylic acids is 2. The van der Waals surface area contributed by atoms with Crippen LogP contribution in [0.15, 0.2) is 24.3 Å². The Morgan fingerprint density at radius 2 is 2.00 bits per heavy atom. The van der Waals surface area contributed by atoms with Gasteiger partial charge in [0.05, 0.1) is 0 Å². The first kappa shape index (κ1) is 16.0. The maximum absolute atomic E-state index is 12.8. The topological polar surface area (TPSA) is 52.7 Å². The summed E-state index contributed by atoms with van der Waals surface area (Å²) >= 11 is 0. The highest BCUT2D eigenvalue weighted by Gasteiger charge is 2.26. The molecule has 0 aromatic heterocycles. The van der Waals surface area contributed by atoms with Gasteiger partial charge < -0.3 is 15.1 Å². The number of rotatable bonds is 3. The molecule has 124 valence electrons. The van der Waals surface area contributed by atoms with E-state index in [9.17, 15) is 9.59 Å². The van der Waals surface area contributed by atoms with Crippen LogP contribution in [0.1, 0.15) is 42.6 Å². The number of nitrogens with zero attached hydrogens (tertiary/aromatic N) is 2. The lowest BCUT2D eigenvalue weighted by Gasteiger charge is -2.36. The maximum atomic E-state index is 12.8. The molecule has 5 nitrogen and oxygen atoms in total. The molecule has 2 aliphatic heterocycles. The molecule has 1 aromatic carbocycles. The molecule has 0 spiro atoms. The zero-order valence-electron chi connectivity index (χ0n) is 13.9. The molecular weight excluding hydrogens is 290 g/mol. The summed E-state index contributed by atoms with van der Waals surface area (Å²) in [5, 5.41) is 3.44. The molecule has 3 rings (SSSR count). The van der Waals surface area contributed by atoms with Crippen molar-refractivity contribution in [3.63, 3.8) is 0 Å². The fraction of sp³-hybridized carbons (Fsp3) is 0.556. The molecule has 0 bridgehead atoms. The summed E-state index contributed by atoms with van der Waals surface area (Å²) in [4.78, 5) is 28.3. The highest BCUT2D eigenvalue weighted by molar-refractivity contribution is 5.94. The number of benzene rings is 1. The molecule has 2 fully saturated rings. The van der Waals surface area contributed by atoms with Crippen LogP contribution in [0.2, 0.25) is 0 Å². The highest BCUT2D eigenvalue weighted by Crippen LogP contribution is 2.17. The molecule has 2 aliphatic rings. The predicted octanol–water partition coefficient (Wildman–Crippen LogP) is 1.63. The van der Waals surface area contributed by atoms with Gasteiger partial charge in [0.1, 0.15) is 0 Å². The van der Waals surface area contributed by atoms with Gasteiger partial charge in [-0.2, -0.15) is 0 Å². The van der Waals surface area contributed by atoms with Crippen molar-refractivity contribution < 1.29 is 9.59 Å². The second-order valence-corrected chi connectivity index (χ2v) is 6.80. The van der Waals surface area contributed by atoms with Crippen LogP contribution in [0.3, 0.4) is 0 Å². The van der Waals surface area contributed by atoms with Gasteiger partial charge in [0.15, 0.2) is 0 Å². The summed E-state index contributed by atoms with van der Waals surface area (Å²) in [5.41, 5.74) is 1.75. The van der Waals surface area contributed by atoms with Gasteiger partial charge in [-0.3, -0.25) is 9.59 Å². The van der Waals surface area contributed by atoms with Gasteiger partial charge in [-0.05, 0) is 38.0 Å². The van der Waals surface area contributed by atoms with Gasteiger partial charge in [-0.25, -0.2) is 0 Å². The van der Waals surface area contributed by atoms with E-state index in [0.29, 0.717) is 25.0 Å². The van der Waals surface area contributed by atoms with Gasteiger partial charge in [0.2, 0.25) is 5.91 Å². The third-order valence-corrected chi connectivity index (χ3v) is 4.56. The van der Waals surface area contributed by atoms with Gasteiger partial charge in [0.25, 0.3) is 5.91 Å². The summed E-state index contributed by atoms with van der Waals surface area (Å²) in [6.45, 7) is 7.10. The van der Waals surface area contributed by atoms with E-state index in [1.807, 2.05) is 34.1 Å². The monoisotopic (exact) mass is 315 g/mol. The number of hydrogen-bond acceptors (Lipinski definition) is 3. The van der Waals surface area contributed by atoms with E-state index in [0.717, 1.165) is 37.2 Å². The van der Waals surface area contributed by atoms with Crippen LogP contribution >= 0.6 is 0 Å². The van der Waals surface area contributed by atoms with Crippen LogP contribution < -0.4 is 5.32 Å². The SMILES string of the molecule is C[C@@H]1CN(C(=O)c2cccc(CN3CCCC3=O)c2)C[C@H](C)N1. The van der Waals surface area contributed by atoms with Crippen LogP contribution in [0.25, 0.3) is 0 Å². The van der Waals surface area contributed by atoms with E-state index in [4.69, 9.17) is 0 Å². The van der Waals surface area contributed by atoms with Gasteiger partial charge in [0, 0.05) is 50.2 Å². The first-order valence-electron chi connectivity index (χ1n) is 8.45. The van der Waals surface area contributed by atoms with Crippen LogP contribution in [-0.2, 0) is 11.3 Å². The summed E-state index contributed by atoms with van der Waals surface area (Å²) in [6.07, 6.45) is 1.59. The van der Waals surface area contributed by atoms with Crippen molar-refractivity contribution in [2.75, 3.05) is 19.6 Å². The molecule has 0 unspecified atom stereocenters. The third-order valence-electron chi connectivity index (χ3n) is 4.56. The lowest BCUT2D eigenvalue weighted by Crippen LogP contribution is -2.55. The van der Waals surface area contributed by atoms with Crippen molar-refractivity contribution in [1.29, 1.82) is 0 Å². The van der Waals surface area contributed by atoms with E-state index in [2.05, 4.69) is 19.2 Å². The molecule has 5 heteroatoms. The average molecular weight is 315 g/mol. The second-order valence-electron chi connectivity index (χ2n) is 6.80. The second kappa shape index (κ2) is 6.71. The van der Waals surface area contributed by atoms with Gasteiger partial charge in [-0.1, -0.05) is 12.1 Å². The lowest BCUT2D eigenvalue weighted by atomic mass is 10.1. The first-order valence-corrected chi connectivity index (χ1v) is 8.45. The molecule has 2 atom stereocenters. The van der Waals surface area contributed by atoms with Crippen LogP contribution in [0, 0.1) is 0 Å². The fourth-order valence-corrected chi connectivity index (χ4v) is 3.57. The largest absolute Gasteiger partial charge is 0.338 e.